The number of imidazole rings is 1. The molecule has 0 bridgehead atoms. The third kappa shape index (κ3) is 2.07. The summed E-state index contributed by atoms with van der Waals surface area (Å²) in [6.07, 6.45) is 1.73. The predicted octanol–water partition coefficient (Wildman–Crippen LogP) is 2.89. The number of nitrogens with one attached hydrogen (secondary N) is 1. The molecule has 6 nitrogen and oxygen atoms in total. The van der Waals surface area contributed by atoms with Crippen LogP contribution in [0.15, 0.2) is 53.5 Å². The second-order valence-corrected chi connectivity index (χ2v) is 5.59. The van der Waals surface area contributed by atoms with Crippen LogP contribution >= 0.6 is 0 Å². The Hall–Kier alpha value is -3.15. The number of H-pyrrole nitrogens is 1. The van der Waals surface area contributed by atoms with E-state index in [1.165, 1.54) is 0 Å². The first-order valence-electron chi connectivity index (χ1n) is 7.68. The number of hydrogen-bond acceptors (Lipinski definition) is 4. The molecule has 3 aromatic heterocycles. The fraction of sp³-hybridized carbons (Fsp3) is 0.167. The Bertz CT molecular complexity index is 1080. The summed E-state index contributed by atoms with van der Waals surface area (Å²) < 4.78 is 7.09. The maximum atomic E-state index is 12.7. The van der Waals surface area contributed by atoms with E-state index in [2.05, 4.69) is 15.0 Å². The van der Waals surface area contributed by atoms with E-state index < -0.39 is 0 Å². The lowest BCUT2D eigenvalue weighted by Crippen LogP contribution is -2.21. The molecule has 0 spiro atoms. The highest BCUT2D eigenvalue weighted by atomic mass is 16.5. The zero-order valence-corrected chi connectivity index (χ0v) is 13.4. The summed E-state index contributed by atoms with van der Waals surface area (Å²) in [6.45, 7) is 1.96. The Morgan fingerprint density at radius 2 is 1.96 bits per heavy atom. The molecule has 0 fully saturated rings. The van der Waals surface area contributed by atoms with Gasteiger partial charge in [-0.1, -0.05) is 24.3 Å². The fourth-order valence-electron chi connectivity index (χ4n) is 3.08. The number of aromatic amines is 1. The van der Waals surface area contributed by atoms with Gasteiger partial charge in [-0.15, -0.1) is 0 Å². The average molecular weight is 320 g/mol. The normalized spacial score (nSPS) is 12.6. The smallest absolute Gasteiger partial charge is 0.327 e. The molecule has 0 aliphatic carbocycles. The van der Waals surface area contributed by atoms with Crippen LogP contribution in [-0.4, -0.2) is 26.6 Å². The van der Waals surface area contributed by atoms with Crippen LogP contribution in [0.25, 0.3) is 21.9 Å². The van der Waals surface area contributed by atoms with Gasteiger partial charge in [-0.2, -0.15) is 0 Å². The molecule has 0 radical (unpaired) electrons. The summed E-state index contributed by atoms with van der Waals surface area (Å²) in [7, 11) is 1.55. The van der Waals surface area contributed by atoms with Crippen molar-refractivity contribution < 1.29 is 4.74 Å². The van der Waals surface area contributed by atoms with Gasteiger partial charge in [0.15, 0.2) is 0 Å². The number of ether oxygens (including phenoxy) is 1. The molecule has 1 atom stereocenters. The monoisotopic (exact) mass is 320 g/mol. The molecule has 0 amide bonds. The van der Waals surface area contributed by atoms with Gasteiger partial charge in [0, 0.05) is 11.6 Å². The van der Waals surface area contributed by atoms with Crippen LogP contribution in [-0.2, 0) is 0 Å². The van der Waals surface area contributed by atoms with E-state index in [1.807, 2.05) is 49.4 Å². The standard InChI is InChI=1S/C18H16N4O2/c1-11(13-8-5-6-10-19-13)22-16-12-7-3-4-9-14(12)20-17(24-2)15(16)21-18(22)23/h3-11H,1-2H3,(H,21,23). The third-order valence-corrected chi connectivity index (χ3v) is 4.22. The van der Waals surface area contributed by atoms with E-state index in [4.69, 9.17) is 4.74 Å². The topological polar surface area (TPSA) is 72.8 Å². The van der Waals surface area contributed by atoms with E-state index in [9.17, 15) is 4.79 Å². The van der Waals surface area contributed by atoms with E-state index in [0.29, 0.717) is 11.4 Å². The molecule has 0 aliphatic rings. The van der Waals surface area contributed by atoms with Gasteiger partial charge in [-0.3, -0.25) is 9.55 Å². The number of nitrogens with zero attached hydrogens (tertiary/aromatic N) is 3. The van der Waals surface area contributed by atoms with Gasteiger partial charge in [0.2, 0.25) is 5.88 Å². The summed E-state index contributed by atoms with van der Waals surface area (Å²) in [5.41, 5.74) is 2.77. The second kappa shape index (κ2) is 5.49. The van der Waals surface area contributed by atoms with Crippen LogP contribution in [0.2, 0.25) is 0 Å². The van der Waals surface area contributed by atoms with Crippen molar-refractivity contribution in [3.63, 3.8) is 0 Å². The van der Waals surface area contributed by atoms with Crippen molar-refractivity contribution in [2.75, 3.05) is 7.11 Å². The maximum absolute atomic E-state index is 12.7. The van der Waals surface area contributed by atoms with Crippen molar-refractivity contribution in [1.29, 1.82) is 0 Å². The summed E-state index contributed by atoms with van der Waals surface area (Å²) in [5, 5.41) is 0.898. The quantitative estimate of drug-likeness (QED) is 0.630. The van der Waals surface area contributed by atoms with Gasteiger partial charge >= 0.3 is 5.69 Å². The molecule has 0 aliphatic heterocycles. The minimum atomic E-state index is -0.219. The number of rotatable bonds is 3. The van der Waals surface area contributed by atoms with Gasteiger partial charge < -0.3 is 9.72 Å². The largest absolute Gasteiger partial charge is 0.479 e. The molecule has 1 unspecified atom stereocenters. The molecule has 1 N–H and O–H groups in total. The van der Waals surface area contributed by atoms with Crippen molar-refractivity contribution in [2.24, 2.45) is 0 Å². The lowest BCUT2D eigenvalue weighted by Gasteiger charge is -2.14. The molecule has 3 heterocycles. The van der Waals surface area contributed by atoms with Gasteiger partial charge in [0.1, 0.15) is 5.52 Å². The van der Waals surface area contributed by atoms with E-state index in [0.717, 1.165) is 22.1 Å². The summed E-state index contributed by atoms with van der Waals surface area (Å²) in [5.74, 6) is 0.410. The number of methoxy groups -OCH3 is 1. The van der Waals surface area contributed by atoms with Crippen molar-refractivity contribution in [3.8, 4) is 5.88 Å². The van der Waals surface area contributed by atoms with Crippen molar-refractivity contribution in [2.45, 2.75) is 13.0 Å². The number of benzene rings is 1. The molecule has 4 rings (SSSR count). The molecule has 24 heavy (non-hydrogen) atoms. The number of para-hydroxylation sites is 1. The summed E-state index contributed by atoms with van der Waals surface area (Å²) >= 11 is 0. The second-order valence-electron chi connectivity index (χ2n) is 5.59. The SMILES string of the molecule is COc1nc2ccccc2c2c1[nH]c(=O)n2C(C)c1ccccn1. The first-order valence-corrected chi connectivity index (χ1v) is 7.68. The summed E-state index contributed by atoms with van der Waals surface area (Å²) in [4.78, 5) is 24.4. The highest BCUT2D eigenvalue weighted by Crippen LogP contribution is 2.31. The van der Waals surface area contributed by atoms with Crippen LogP contribution in [0.1, 0.15) is 18.7 Å². The molecule has 1 aromatic carbocycles. The molecular weight excluding hydrogens is 304 g/mol. The Labute approximate surface area is 137 Å². The van der Waals surface area contributed by atoms with Crippen molar-refractivity contribution in [1.82, 2.24) is 19.5 Å². The van der Waals surface area contributed by atoms with Gasteiger partial charge in [0.25, 0.3) is 0 Å². The van der Waals surface area contributed by atoms with Crippen LogP contribution < -0.4 is 10.4 Å². The number of pyridine rings is 2. The molecule has 120 valence electrons. The molecule has 4 aromatic rings. The third-order valence-electron chi connectivity index (χ3n) is 4.22. The highest BCUT2D eigenvalue weighted by Gasteiger charge is 2.21. The van der Waals surface area contributed by atoms with E-state index >= 15 is 0 Å². The van der Waals surface area contributed by atoms with Gasteiger partial charge in [0.05, 0.1) is 29.9 Å². The lowest BCUT2D eigenvalue weighted by molar-refractivity contribution is 0.404. The Kier molecular flexibility index (Phi) is 3.30. The Morgan fingerprint density at radius 3 is 2.71 bits per heavy atom. The maximum Gasteiger partial charge on any atom is 0.327 e. The minimum absolute atomic E-state index is 0.209. The predicted molar refractivity (Wildman–Crippen MR) is 92.5 cm³/mol. The van der Waals surface area contributed by atoms with Crippen LogP contribution in [0, 0.1) is 0 Å². The van der Waals surface area contributed by atoms with Crippen LogP contribution in [0.5, 0.6) is 5.88 Å². The van der Waals surface area contributed by atoms with E-state index in [1.54, 1.807) is 17.9 Å². The van der Waals surface area contributed by atoms with Crippen LogP contribution in [0.3, 0.4) is 0 Å². The number of hydrogen-bond donors (Lipinski definition) is 1. The van der Waals surface area contributed by atoms with Crippen LogP contribution in [0.4, 0.5) is 0 Å². The van der Waals surface area contributed by atoms with E-state index in [-0.39, 0.29) is 11.7 Å². The van der Waals surface area contributed by atoms with Gasteiger partial charge in [-0.05, 0) is 25.1 Å². The first-order chi connectivity index (χ1) is 11.7. The molecule has 0 saturated heterocycles. The van der Waals surface area contributed by atoms with Gasteiger partial charge in [-0.25, -0.2) is 9.78 Å². The summed E-state index contributed by atoms with van der Waals surface area (Å²) in [6, 6.07) is 13.2. The minimum Gasteiger partial charge on any atom is -0.479 e. The molecule has 6 heteroatoms. The lowest BCUT2D eigenvalue weighted by atomic mass is 10.1. The van der Waals surface area contributed by atoms with Crippen molar-refractivity contribution in [3.05, 3.63) is 64.8 Å². The average Bonchev–Trinajstić information content (AvgIpc) is 2.98. The molecular formula is C18H16N4O2. The highest BCUT2D eigenvalue weighted by molar-refractivity contribution is 6.04. The Morgan fingerprint density at radius 1 is 1.17 bits per heavy atom. The fourth-order valence-corrected chi connectivity index (χ4v) is 3.08. The zero-order valence-electron chi connectivity index (χ0n) is 13.4. The number of fused-ring (bicyclic) bond motifs is 3. The molecule has 0 saturated carbocycles. The number of aromatic nitrogens is 4. The first kappa shape index (κ1) is 14.4. The van der Waals surface area contributed by atoms with Crippen molar-refractivity contribution >= 4 is 21.9 Å². The Balaban J connectivity index is 2.11. The zero-order chi connectivity index (χ0) is 16.7.